The summed E-state index contributed by atoms with van der Waals surface area (Å²) < 4.78 is 5.28. The van der Waals surface area contributed by atoms with Gasteiger partial charge in [0.05, 0.1) is 5.69 Å². The lowest BCUT2D eigenvalue weighted by molar-refractivity contribution is 0.0651. The molecule has 0 aliphatic rings. The van der Waals surface area contributed by atoms with Crippen LogP contribution in [0.5, 0.6) is 0 Å². The van der Waals surface area contributed by atoms with Crippen molar-refractivity contribution in [2.24, 2.45) is 0 Å². The van der Waals surface area contributed by atoms with E-state index in [1.165, 1.54) is 0 Å². The van der Waals surface area contributed by atoms with Gasteiger partial charge in [-0.15, -0.1) is 0 Å². The lowest BCUT2D eigenvalue weighted by atomic mass is 10.1. The molecule has 0 aliphatic carbocycles. The summed E-state index contributed by atoms with van der Waals surface area (Å²) in [5.41, 5.74) is 2.46. The summed E-state index contributed by atoms with van der Waals surface area (Å²) in [5, 5.41) is 14.8. The average molecular weight is 339 g/mol. The number of aromatic nitrogens is 1. The second-order valence-corrected chi connectivity index (χ2v) is 5.13. The number of anilines is 1. The number of carboxylic acids is 1. The molecular formula is C13H11BrN2O4. The molecule has 2 N–H and O–H groups in total. The molecule has 0 fully saturated rings. The Bertz CT molecular complexity index is 670. The molecule has 2 aromatic rings. The molecule has 0 saturated carbocycles. The van der Waals surface area contributed by atoms with Gasteiger partial charge in [-0.05, 0) is 47.0 Å². The fourth-order valence-electron chi connectivity index (χ4n) is 1.73. The highest BCUT2D eigenvalue weighted by Crippen LogP contribution is 2.28. The van der Waals surface area contributed by atoms with Gasteiger partial charge in [0.15, 0.2) is 5.69 Å². The van der Waals surface area contributed by atoms with E-state index in [9.17, 15) is 9.59 Å². The number of hydrogen-bond donors (Lipinski definition) is 2. The van der Waals surface area contributed by atoms with E-state index >= 15 is 0 Å². The summed E-state index contributed by atoms with van der Waals surface area (Å²) in [7, 11) is 0. The van der Waals surface area contributed by atoms with E-state index in [0.717, 1.165) is 21.7 Å². The highest BCUT2D eigenvalue weighted by Gasteiger charge is 2.18. The first kappa shape index (κ1) is 14.3. The van der Waals surface area contributed by atoms with Gasteiger partial charge in [-0.1, -0.05) is 11.2 Å². The molecule has 104 valence electrons. The van der Waals surface area contributed by atoms with Crippen LogP contribution in [0.15, 0.2) is 27.2 Å². The largest absolute Gasteiger partial charge is 0.475 e. The van der Waals surface area contributed by atoms with E-state index in [1.54, 1.807) is 0 Å². The Kier molecular flexibility index (Phi) is 3.89. The Hall–Kier alpha value is -2.15. The first-order valence-corrected chi connectivity index (χ1v) is 6.46. The third kappa shape index (κ3) is 2.88. The third-order valence-corrected chi connectivity index (χ3v) is 3.25. The second kappa shape index (κ2) is 5.46. The summed E-state index contributed by atoms with van der Waals surface area (Å²) in [6.07, 6.45) is 0. The van der Waals surface area contributed by atoms with E-state index in [2.05, 4.69) is 30.9 Å². The van der Waals surface area contributed by atoms with Gasteiger partial charge in [-0.2, -0.15) is 0 Å². The highest BCUT2D eigenvalue weighted by molar-refractivity contribution is 9.10. The normalized spacial score (nSPS) is 10.3. The fourth-order valence-corrected chi connectivity index (χ4v) is 2.51. The first-order chi connectivity index (χ1) is 9.38. The maximum atomic E-state index is 12.0. The monoisotopic (exact) mass is 338 g/mol. The van der Waals surface area contributed by atoms with Crippen LogP contribution in [0.1, 0.15) is 32.2 Å². The van der Waals surface area contributed by atoms with Crippen molar-refractivity contribution in [1.82, 2.24) is 5.16 Å². The summed E-state index contributed by atoms with van der Waals surface area (Å²) in [4.78, 5) is 22.7. The fraction of sp³-hybridized carbons (Fsp3) is 0.154. The summed E-state index contributed by atoms with van der Waals surface area (Å²) in [6, 6.07) is 4.87. The van der Waals surface area contributed by atoms with Crippen molar-refractivity contribution in [3.05, 3.63) is 45.3 Å². The van der Waals surface area contributed by atoms with Crippen molar-refractivity contribution in [3.8, 4) is 0 Å². The number of carbonyl (C=O) groups excluding carboxylic acids is 1. The second-order valence-electron chi connectivity index (χ2n) is 4.27. The maximum Gasteiger partial charge on any atom is 0.374 e. The SMILES string of the molecule is Cc1cc(C)c(NC(=O)c2cc(C(=O)O)on2)c(Br)c1. The van der Waals surface area contributed by atoms with E-state index in [1.807, 2.05) is 26.0 Å². The van der Waals surface area contributed by atoms with Crippen LogP contribution in [-0.2, 0) is 0 Å². The molecule has 20 heavy (non-hydrogen) atoms. The number of hydrogen-bond acceptors (Lipinski definition) is 4. The average Bonchev–Trinajstić information content (AvgIpc) is 2.83. The molecule has 0 atom stereocenters. The standard InChI is InChI=1S/C13H11BrN2O4/c1-6-3-7(2)11(8(14)4-6)15-12(17)9-5-10(13(18)19)20-16-9/h3-5H,1-2H3,(H,15,17)(H,18,19). The molecule has 0 spiro atoms. The molecule has 7 heteroatoms. The third-order valence-electron chi connectivity index (χ3n) is 2.62. The number of carbonyl (C=O) groups is 2. The summed E-state index contributed by atoms with van der Waals surface area (Å²) in [6.45, 7) is 3.80. The lowest BCUT2D eigenvalue weighted by Crippen LogP contribution is -2.13. The van der Waals surface area contributed by atoms with Gasteiger partial charge < -0.3 is 14.9 Å². The molecule has 0 aliphatic heterocycles. The van der Waals surface area contributed by atoms with Crippen LogP contribution in [-0.4, -0.2) is 22.1 Å². The zero-order valence-corrected chi connectivity index (χ0v) is 12.3. The Morgan fingerprint density at radius 1 is 1.30 bits per heavy atom. The predicted octanol–water partition coefficient (Wildman–Crippen LogP) is 3.00. The van der Waals surface area contributed by atoms with Gasteiger partial charge in [0, 0.05) is 10.5 Å². The van der Waals surface area contributed by atoms with Crippen molar-refractivity contribution in [1.29, 1.82) is 0 Å². The van der Waals surface area contributed by atoms with Crippen LogP contribution >= 0.6 is 15.9 Å². The van der Waals surface area contributed by atoms with Crippen molar-refractivity contribution >= 4 is 33.5 Å². The molecule has 0 saturated heterocycles. The summed E-state index contributed by atoms with van der Waals surface area (Å²) >= 11 is 3.37. The molecule has 0 unspecified atom stereocenters. The van der Waals surface area contributed by atoms with E-state index < -0.39 is 11.9 Å². The van der Waals surface area contributed by atoms with Gasteiger partial charge >= 0.3 is 5.97 Å². The molecule has 0 radical (unpaired) electrons. The van der Waals surface area contributed by atoms with Crippen LogP contribution < -0.4 is 5.32 Å². The maximum absolute atomic E-state index is 12.0. The van der Waals surface area contributed by atoms with Crippen LogP contribution in [0.3, 0.4) is 0 Å². The van der Waals surface area contributed by atoms with Crippen LogP contribution in [0.2, 0.25) is 0 Å². The first-order valence-electron chi connectivity index (χ1n) is 5.66. The number of nitrogens with zero attached hydrogens (tertiary/aromatic N) is 1. The molecule has 6 nitrogen and oxygen atoms in total. The molecule has 1 amide bonds. The summed E-state index contributed by atoms with van der Waals surface area (Å²) in [5.74, 6) is -2.19. The zero-order valence-electron chi connectivity index (χ0n) is 10.7. The number of rotatable bonds is 3. The number of amides is 1. The Morgan fingerprint density at radius 2 is 2.00 bits per heavy atom. The van der Waals surface area contributed by atoms with Gasteiger partial charge in [-0.25, -0.2) is 4.79 Å². The van der Waals surface area contributed by atoms with Crippen LogP contribution in [0.4, 0.5) is 5.69 Å². The van der Waals surface area contributed by atoms with Crippen LogP contribution in [0.25, 0.3) is 0 Å². The van der Waals surface area contributed by atoms with Crippen molar-refractivity contribution in [3.63, 3.8) is 0 Å². The molecular weight excluding hydrogens is 328 g/mol. The van der Waals surface area contributed by atoms with Gasteiger partial charge in [0.1, 0.15) is 0 Å². The number of nitrogens with one attached hydrogen (secondary N) is 1. The molecule has 2 rings (SSSR count). The molecule has 0 bridgehead atoms. The lowest BCUT2D eigenvalue weighted by Gasteiger charge is -2.10. The quantitative estimate of drug-likeness (QED) is 0.897. The van der Waals surface area contributed by atoms with Crippen molar-refractivity contribution in [2.45, 2.75) is 13.8 Å². The Balaban J connectivity index is 2.25. The van der Waals surface area contributed by atoms with Gasteiger partial charge in [0.2, 0.25) is 5.76 Å². The van der Waals surface area contributed by atoms with Crippen molar-refractivity contribution in [2.75, 3.05) is 5.32 Å². The highest BCUT2D eigenvalue weighted by atomic mass is 79.9. The minimum atomic E-state index is -1.27. The van der Waals surface area contributed by atoms with E-state index in [-0.39, 0.29) is 11.5 Å². The number of benzene rings is 1. The van der Waals surface area contributed by atoms with Crippen LogP contribution in [0, 0.1) is 13.8 Å². The minimum Gasteiger partial charge on any atom is -0.475 e. The van der Waals surface area contributed by atoms with E-state index in [4.69, 9.17) is 5.11 Å². The number of carboxylic acid groups (broad SMARTS) is 1. The number of aryl methyl sites for hydroxylation is 2. The topological polar surface area (TPSA) is 92.4 Å². The van der Waals surface area contributed by atoms with Crippen molar-refractivity contribution < 1.29 is 19.2 Å². The molecule has 1 aromatic carbocycles. The predicted molar refractivity (Wildman–Crippen MR) is 75.0 cm³/mol. The van der Waals surface area contributed by atoms with Gasteiger partial charge in [-0.3, -0.25) is 4.79 Å². The number of aromatic carboxylic acids is 1. The molecule has 1 heterocycles. The zero-order chi connectivity index (χ0) is 14.9. The Morgan fingerprint density at radius 3 is 2.55 bits per heavy atom. The molecule has 1 aromatic heterocycles. The van der Waals surface area contributed by atoms with E-state index in [0.29, 0.717) is 5.69 Å². The van der Waals surface area contributed by atoms with Gasteiger partial charge in [0.25, 0.3) is 5.91 Å². The Labute approximate surface area is 122 Å². The smallest absolute Gasteiger partial charge is 0.374 e. The minimum absolute atomic E-state index is 0.0886. The number of halogens is 1.